The van der Waals surface area contributed by atoms with Crippen molar-refractivity contribution < 1.29 is 0 Å². The molecule has 0 aliphatic rings. The summed E-state index contributed by atoms with van der Waals surface area (Å²) in [5.74, 6) is 0. The third-order valence-corrected chi connectivity index (χ3v) is 2.99. The van der Waals surface area contributed by atoms with Crippen LogP contribution in [0.15, 0.2) is 41.7 Å². The maximum Gasteiger partial charge on any atom is 0.183 e. The van der Waals surface area contributed by atoms with E-state index in [4.69, 9.17) is 5.26 Å². The first-order valence-corrected chi connectivity index (χ1v) is 6.85. The summed E-state index contributed by atoms with van der Waals surface area (Å²) >= 11 is 1.39. The molecule has 0 spiro atoms. The summed E-state index contributed by atoms with van der Waals surface area (Å²) in [5.41, 5.74) is 2.88. The van der Waals surface area contributed by atoms with E-state index in [-0.39, 0.29) is 0 Å². The van der Waals surface area contributed by atoms with Gasteiger partial charge in [0.15, 0.2) is 11.4 Å². The van der Waals surface area contributed by atoms with Gasteiger partial charge in [-0.3, -0.25) is 5.32 Å². The molecule has 96 valence electrons. The van der Waals surface area contributed by atoms with Crippen LogP contribution in [0.25, 0.3) is 5.69 Å². The average Bonchev–Trinajstić information content (AvgIpc) is 2.86. The van der Waals surface area contributed by atoms with Crippen LogP contribution >= 0.6 is 11.8 Å². The molecule has 0 unspecified atom stereocenters. The Hall–Kier alpha value is -2.26. The van der Waals surface area contributed by atoms with Crippen molar-refractivity contribution in [2.24, 2.45) is 4.99 Å². The number of benzene rings is 1. The SMILES string of the molecule is CSC(=Nc1ccc(-n2cc(C)cn2)cc1)NC#N. The van der Waals surface area contributed by atoms with Crippen LogP contribution in [0.2, 0.25) is 0 Å². The van der Waals surface area contributed by atoms with Crippen molar-refractivity contribution in [3.8, 4) is 11.9 Å². The van der Waals surface area contributed by atoms with Crippen molar-refractivity contribution in [3.05, 3.63) is 42.2 Å². The molecule has 0 radical (unpaired) electrons. The van der Waals surface area contributed by atoms with Gasteiger partial charge in [-0.25, -0.2) is 9.67 Å². The number of aromatic nitrogens is 2. The van der Waals surface area contributed by atoms with Crippen LogP contribution in [0.3, 0.4) is 0 Å². The number of amidine groups is 1. The van der Waals surface area contributed by atoms with Crippen LogP contribution < -0.4 is 5.32 Å². The van der Waals surface area contributed by atoms with E-state index in [0.717, 1.165) is 16.9 Å². The Morgan fingerprint density at radius 2 is 2.16 bits per heavy atom. The smallest absolute Gasteiger partial charge is 0.183 e. The Labute approximate surface area is 116 Å². The molecule has 0 saturated carbocycles. The second-order valence-electron chi connectivity index (χ2n) is 3.84. The van der Waals surface area contributed by atoms with Crippen molar-refractivity contribution >= 4 is 22.6 Å². The van der Waals surface area contributed by atoms with Gasteiger partial charge >= 0.3 is 0 Å². The summed E-state index contributed by atoms with van der Waals surface area (Å²) < 4.78 is 1.81. The number of rotatable bonds is 2. The van der Waals surface area contributed by atoms with Gasteiger partial charge in [-0.05, 0) is 43.0 Å². The Balaban J connectivity index is 2.21. The lowest BCUT2D eigenvalue weighted by atomic mass is 10.3. The van der Waals surface area contributed by atoms with Crippen LogP contribution in [0, 0.1) is 18.4 Å². The van der Waals surface area contributed by atoms with E-state index in [9.17, 15) is 0 Å². The van der Waals surface area contributed by atoms with Gasteiger partial charge in [0.1, 0.15) is 0 Å². The highest BCUT2D eigenvalue weighted by atomic mass is 32.2. The molecule has 0 atom stereocenters. The van der Waals surface area contributed by atoms with E-state index in [1.54, 1.807) is 0 Å². The Kier molecular flexibility index (Phi) is 4.21. The molecule has 2 rings (SSSR count). The predicted octanol–water partition coefficient (Wildman–Crippen LogP) is 2.60. The second kappa shape index (κ2) is 6.07. The highest BCUT2D eigenvalue weighted by Crippen LogP contribution is 2.17. The van der Waals surface area contributed by atoms with E-state index in [1.165, 1.54) is 11.8 Å². The molecule has 0 aliphatic heterocycles. The van der Waals surface area contributed by atoms with E-state index in [2.05, 4.69) is 15.4 Å². The number of aliphatic imine (C=N–C) groups is 1. The molecule has 1 N–H and O–H groups in total. The van der Waals surface area contributed by atoms with Gasteiger partial charge in [0.05, 0.1) is 17.6 Å². The summed E-state index contributed by atoms with van der Waals surface area (Å²) in [6.07, 6.45) is 7.50. The number of thioether (sulfide) groups is 1. The zero-order chi connectivity index (χ0) is 13.7. The van der Waals surface area contributed by atoms with Crippen molar-refractivity contribution in [1.82, 2.24) is 15.1 Å². The van der Waals surface area contributed by atoms with Crippen molar-refractivity contribution in [2.45, 2.75) is 6.92 Å². The van der Waals surface area contributed by atoms with Crippen molar-refractivity contribution in [1.29, 1.82) is 5.26 Å². The van der Waals surface area contributed by atoms with Crippen LogP contribution in [-0.4, -0.2) is 21.2 Å². The molecular weight excluding hydrogens is 258 g/mol. The Morgan fingerprint density at radius 3 is 2.68 bits per heavy atom. The zero-order valence-corrected chi connectivity index (χ0v) is 11.5. The number of nitrogens with zero attached hydrogens (tertiary/aromatic N) is 4. The minimum atomic E-state index is 0.574. The van der Waals surface area contributed by atoms with Crippen molar-refractivity contribution in [3.63, 3.8) is 0 Å². The quantitative estimate of drug-likeness (QED) is 0.394. The van der Waals surface area contributed by atoms with E-state index < -0.39 is 0 Å². The minimum Gasteiger partial charge on any atom is -0.271 e. The molecular formula is C13H13N5S. The lowest BCUT2D eigenvalue weighted by Crippen LogP contribution is -2.12. The van der Waals surface area contributed by atoms with Gasteiger partial charge in [0.25, 0.3) is 0 Å². The third kappa shape index (κ3) is 3.36. The fraction of sp³-hybridized carbons (Fsp3) is 0.154. The normalized spacial score (nSPS) is 11.1. The molecule has 5 nitrogen and oxygen atoms in total. The molecule has 0 fully saturated rings. The summed E-state index contributed by atoms with van der Waals surface area (Å²) in [6, 6.07) is 7.66. The zero-order valence-electron chi connectivity index (χ0n) is 10.7. The van der Waals surface area contributed by atoms with Gasteiger partial charge in [-0.1, -0.05) is 11.8 Å². The predicted molar refractivity (Wildman–Crippen MR) is 77.7 cm³/mol. The summed E-state index contributed by atoms with van der Waals surface area (Å²) in [6.45, 7) is 2.00. The van der Waals surface area contributed by atoms with Gasteiger partial charge < -0.3 is 0 Å². The number of nitriles is 1. The fourth-order valence-electron chi connectivity index (χ4n) is 1.52. The first-order valence-electron chi connectivity index (χ1n) is 5.62. The van der Waals surface area contributed by atoms with E-state index in [1.807, 2.05) is 60.7 Å². The number of hydrogen-bond acceptors (Lipinski definition) is 4. The molecule has 1 aromatic heterocycles. The lowest BCUT2D eigenvalue weighted by molar-refractivity contribution is 0.880. The highest BCUT2D eigenvalue weighted by Gasteiger charge is 2.00. The maximum absolute atomic E-state index is 8.57. The fourth-order valence-corrected chi connectivity index (χ4v) is 1.87. The topological polar surface area (TPSA) is 66.0 Å². The first-order chi connectivity index (χ1) is 9.22. The third-order valence-electron chi connectivity index (χ3n) is 2.41. The molecule has 0 bridgehead atoms. The Morgan fingerprint density at radius 1 is 1.42 bits per heavy atom. The minimum absolute atomic E-state index is 0.574. The van der Waals surface area contributed by atoms with Crippen LogP contribution in [0.4, 0.5) is 5.69 Å². The first kappa shape index (κ1) is 13.2. The molecule has 0 aliphatic carbocycles. The molecule has 1 heterocycles. The highest BCUT2D eigenvalue weighted by molar-refractivity contribution is 8.13. The molecule has 1 aromatic carbocycles. The van der Waals surface area contributed by atoms with Gasteiger partial charge in [-0.15, -0.1) is 0 Å². The monoisotopic (exact) mass is 271 g/mol. The summed E-state index contributed by atoms with van der Waals surface area (Å²) in [5, 5.41) is 15.9. The summed E-state index contributed by atoms with van der Waals surface area (Å²) in [7, 11) is 0. The van der Waals surface area contributed by atoms with Gasteiger partial charge in [0, 0.05) is 6.20 Å². The van der Waals surface area contributed by atoms with Crippen LogP contribution in [-0.2, 0) is 0 Å². The van der Waals surface area contributed by atoms with E-state index in [0.29, 0.717) is 5.17 Å². The van der Waals surface area contributed by atoms with Gasteiger partial charge in [-0.2, -0.15) is 10.4 Å². The largest absolute Gasteiger partial charge is 0.271 e. The van der Waals surface area contributed by atoms with Crippen LogP contribution in [0.1, 0.15) is 5.56 Å². The summed E-state index contributed by atoms with van der Waals surface area (Å²) in [4.78, 5) is 4.32. The molecule has 6 heteroatoms. The standard InChI is InChI=1S/C13H13N5S/c1-10-7-16-18(8-10)12-5-3-11(4-6-12)17-13(19-2)15-9-14/h3-8H,1-2H3,(H,15,17). The van der Waals surface area contributed by atoms with E-state index >= 15 is 0 Å². The second-order valence-corrected chi connectivity index (χ2v) is 4.63. The maximum atomic E-state index is 8.57. The Bertz CT molecular complexity index is 621. The van der Waals surface area contributed by atoms with Gasteiger partial charge in [0.2, 0.25) is 0 Å². The molecule has 0 saturated heterocycles. The van der Waals surface area contributed by atoms with Crippen LogP contribution in [0.5, 0.6) is 0 Å². The van der Waals surface area contributed by atoms with Crippen molar-refractivity contribution in [2.75, 3.05) is 6.26 Å². The molecule has 0 amide bonds. The number of nitrogens with one attached hydrogen (secondary N) is 1. The average molecular weight is 271 g/mol. The number of hydrogen-bond donors (Lipinski definition) is 1. The molecule has 19 heavy (non-hydrogen) atoms. The number of aryl methyl sites for hydroxylation is 1. The lowest BCUT2D eigenvalue weighted by Gasteiger charge is -2.03. The molecule has 2 aromatic rings.